The van der Waals surface area contributed by atoms with Gasteiger partial charge in [0, 0.05) is 30.7 Å². The highest BCUT2D eigenvalue weighted by molar-refractivity contribution is 9.08. The second-order valence-electron chi connectivity index (χ2n) is 5.52. The fourth-order valence-electron chi connectivity index (χ4n) is 2.69. The van der Waals surface area contributed by atoms with Crippen LogP contribution in [0.5, 0.6) is 0 Å². The maximum Gasteiger partial charge on any atom is 0.0637 e. The van der Waals surface area contributed by atoms with Gasteiger partial charge in [0.2, 0.25) is 0 Å². The molecule has 0 N–H and O–H groups in total. The lowest BCUT2D eigenvalue weighted by Crippen LogP contribution is -2.37. The molecule has 1 aliphatic rings. The quantitative estimate of drug-likeness (QED) is 0.698. The molecule has 106 valence electrons. The third-order valence-electron chi connectivity index (χ3n) is 4.06. The Morgan fingerprint density at radius 2 is 2.16 bits per heavy atom. The minimum Gasteiger partial charge on any atom is -0.383 e. The van der Waals surface area contributed by atoms with E-state index in [1.165, 1.54) is 29.7 Å². The molecule has 0 radical (unpaired) electrons. The average molecular weight is 326 g/mol. The van der Waals surface area contributed by atoms with Crippen LogP contribution in [0.15, 0.2) is 18.2 Å². The lowest BCUT2D eigenvalue weighted by atomic mass is 10.1. The van der Waals surface area contributed by atoms with E-state index in [1.807, 2.05) is 0 Å². The van der Waals surface area contributed by atoms with Crippen molar-refractivity contribution >= 4 is 21.6 Å². The van der Waals surface area contributed by atoms with Gasteiger partial charge in [0.15, 0.2) is 0 Å². The van der Waals surface area contributed by atoms with Crippen LogP contribution in [-0.4, -0.2) is 26.3 Å². The van der Waals surface area contributed by atoms with Crippen LogP contribution in [0.1, 0.15) is 30.9 Å². The van der Waals surface area contributed by atoms with Crippen molar-refractivity contribution in [3.05, 3.63) is 29.3 Å². The fourth-order valence-corrected chi connectivity index (χ4v) is 3.04. The molecule has 2 rings (SSSR count). The van der Waals surface area contributed by atoms with Gasteiger partial charge in [-0.25, -0.2) is 0 Å². The zero-order valence-electron chi connectivity index (χ0n) is 12.2. The first-order chi connectivity index (χ1) is 9.17. The standard InChI is InChI=1S/C16H24BrNO/c1-12-10-14(11-17)4-7-16(12)18(8-9-19-3)13(2)15-5-6-15/h4,7,10,13,15H,5-6,8-9,11H2,1-3H3. The van der Waals surface area contributed by atoms with E-state index in [0.717, 1.165) is 24.4 Å². The highest BCUT2D eigenvalue weighted by Gasteiger charge is 2.32. The molecule has 0 saturated heterocycles. The van der Waals surface area contributed by atoms with E-state index in [-0.39, 0.29) is 0 Å². The first-order valence-electron chi connectivity index (χ1n) is 7.08. The summed E-state index contributed by atoms with van der Waals surface area (Å²) < 4.78 is 5.28. The van der Waals surface area contributed by atoms with Crippen LogP contribution in [0.4, 0.5) is 5.69 Å². The van der Waals surface area contributed by atoms with Crippen molar-refractivity contribution < 1.29 is 4.74 Å². The van der Waals surface area contributed by atoms with Crippen LogP contribution < -0.4 is 4.90 Å². The van der Waals surface area contributed by atoms with Crippen molar-refractivity contribution in [1.29, 1.82) is 0 Å². The monoisotopic (exact) mass is 325 g/mol. The number of rotatable bonds is 7. The molecule has 1 atom stereocenters. The summed E-state index contributed by atoms with van der Waals surface area (Å²) in [5.74, 6) is 0.868. The molecule has 0 heterocycles. The summed E-state index contributed by atoms with van der Waals surface area (Å²) in [7, 11) is 1.78. The maximum atomic E-state index is 5.28. The highest BCUT2D eigenvalue weighted by atomic mass is 79.9. The number of nitrogens with zero attached hydrogens (tertiary/aromatic N) is 1. The second kappa shape index (κ2) is 6.76. The zero-order valence-corrected chi connectivity index (χ0v) is 13.7. The van der Waals surface area contributed by atoms with Gasteiger partial charge in [0.1, 0.15) is 0 Å². The van der Waals surface area contributed by atoms with E-state index in [2.05, 4.69) is 52.9 Å². The summed E-state index contributed by atoms with van der Waals surface area (Å²) in [6.45, 7) is 6.32. The van der Waals surface area contributed by atoms with Crippen LogP contribution in [0.3, 0.4) is 0 Å². The van der Waals surface area contributed by atoms with Crippen molar-refractivity contribution in [1.82, 2.24) is 0 Å². The van der Waals surface area contributed by atoms with Crippen LogP contribution in [0, 0.1) is 12.8 Å². The summed E-state index contributed by atoms with van der Waals surface area (Å²) >= 11 is 3.52. The van der Waals surface area contributed by atoms with Crippen molar-refractivity contribution in [3.63, 3.8) is 0 Å². The molecular formula is C16H24BrNO. The summed E-state index contributed by atoms with van der Waals surface area (Å²) in [6, 6.07) is 7.38. The number of methoxy groups -OCH3 is 1. The first-order valence-corrected chi connectivity index (χ1v) is 8.20. The molecular weight excluding hydrogens is 302 g/mol. The molecule has 1 saturated carbocycles. The number of hydrogen-bond acceptors (Lipinski definition) is 2. The molecule has 19 heavy (non-hydrogen) atoms. The number of ether oxygens (including phenoxy) is 1. The Hall–Kier alpha value is -0.540. The van der Waals surface area contributed by atoms with Gasteiger partial charge in [-0.15, -0.1) is 0 Å². The van der Waals surface area contributed by atoms with Crippen LogP contribution in [0.2, 0.25) is 0 Å². The molecule has 1 aliphatic carbocycles. The predicted octanol–water partition coefficient (Wildman–Crippen LogP) is 4.14. The number of aryl methyl sites for hydroxylation is 1. The largest absolute Gasteiger partial charge is 0.383 e. The van der Waals surface area contributed by atoms with Gasteiger partial charge in [-0.3, -0.25) is 0 Å². The van der Waals surface area contributed by atoms with Gasteiger partial charge >= 0.3 is 0 Å². The van der Waals surface area contributed by atoms with E-state index in [4.69, 9.17) is 4.74 Å². The number of benzene rings is 1. The SMILES string of the molecule is COCCN(c1ccc(CBr)cc1C)C(C)C1CC1. The number of hydrogen-bond donors (Lipinski definition) is 0. The Balaban J connectivity index is 2.20. The molecule has 0 aromatic heterocycles. The highest BCUT2D eigenvalue weighted by Crippen LogP contribution is 2.37. The van der Waals surface area contributed by atoms with Crippen LogP contribution >= 0.6 is 15.9 Å². The summed E-state index contributed by atoms with van der Waals surface area (Å²) in [5.41, 5.74) is 4.06. The first kappa shape index (κ1) is 14.9. The molecule has 3 heteroatoms. The fraction of sp³-hybridized carbons (Fsp3) is 0.625. The van der Waals surface area contributed by atoms with Gasteiger partial charge in [-0.2, -0.15) is 0 Å². The van der Waals surface area contributed by atoms with Crippen LogP contribution in [-0.2, 0) is 10.1 Å². The van der Waals surface area contributed by atoms with E-state index in [1.54, 1.807) is 7.11 Å². The molecule has 2 nitrogen and oxygen atoms in total. The van der Waals surface area contributed by atoms with Crippen molar-refractivity contribution in [2.45, 2.75) is 38.1 Å². The van der Waals surface area contributed by atoms with Gasteiger partial charge in [0.05, 0.1) is 6.61 Å². The Bertz CT molecular complexity index is 417. The lowest BCUT2D eigenvalue weighted by Gasteiger charge is -2.33. The molecule has 0 amide bonds. The lowest BCUT2D eigenvalue weighted by molar-refractivity contribution is 0.202. The van der Waals surface area contributed by atoms with Gasteiger partial charge in [-0.1, -0.05) is 28.1 Å². The average Bonchev–Trinajstić information content (AvgIpc) is 3.24. The molecule has 1 unspecified atom stereocenters. The number of alkyl halides is 1. The molecule has 1 aromatic rings. The Morgan fingerprint density at radius 1 is 1.42 bits per heavy atom. The summed E-state index contributed by atoms with van der Waals surface area (Å²) in [6.07, 6.45) is 2.76. The predicted molar refractivity (Wildman–Crippen MR) is 85.2 cm³/mol. The second-order valence-corrected chi connectivity index (χ2v) is 6.08. The van der Waals surface area contributed by atoms with Gasteiger partial charge in [-0.05, 0) is 49.8 Å². The van der Waals surface area contributed by atoms with Gasteiger partial charge in [0.25, 0.3) is 0 Å². The minimum atomic E-state index is 0.615. The smallest absolute Gasteiger partial charge is 0.0637 e. The topological polar surface area (TPSA) is 12.5 Å². The van der Waals surface area contributed by atoms with E-state index in [9.17, 15) is 0 Å². The van der Waals surface area contributed by atoms with Gasteiger partial charge < -0.3 is 9.64 Å². The van der Waals surface area contributed by atoms with Crippen molar-refractivity contribution in [2.75, 3.05) is 25.2 Å². The third kappa shape index (κ3) is 3.73. The normalized spacial score (nSPS) is 16.4. The zero-order chi connectivity index (χ0) is 13.8. The van der Waals surface area contributed by atoms with Crippen LogP contribution in [0.25, 0.3) is 0 Å². The number of anilines is 1. The maximum absolute atomic E-state index is 5.28. The summed E-state index contributed by atoms with van der Waals surface area (Å²) in [4.78, 5) is 2.52. The van der Waals surface area contributed by atoms with E-state index >= 15 is 0 Å². The Kier molecular flexibility index (Phi) is 5.28. The van der Waals surface area contributed by atoms with E-state index < -0.39 is 0 Å². The number of halogens is 1. The molecule has 0 bridgehead atoms. The molecule has 1 aromatic carbocycles. The Morgan fingerprint density at radius 3 is 2.68 bits per heavy atom. The summed E-state index contributed by atoms with van der Waals surface area (Å²) in [5, 5.41) is 0.921. The molecule has 0 spiro atoms. The van der Waals surface area contributed by atoms with Crippen molar-refractivity contribution in [3.8, 4) is 0 Å². The molecule has 1 fully saturated rings. The third-order valence-corrected chi connectivity index (χ3v) is 4.70. The molecule has 0 aliphatic heterocycles. The van der Waals surface area contributed by atoms with E-state index in [0.29, 0.717) is 6.04 Å². The van der Waals surface area contributed by atoms with Crippen molar-refractivity contribution in [2.24, 2.45) is 5.92 Å². The minimum absolute atomic E-state index is 0.615. The Labute approximate surface area is 125 Å².